The molecule has 0 aliphatic carbocycles. The summed E-state index contributed by atoms with van der Waals surface area (Å²) in [6, 6.07) is 16.2. The maximum Gasteiger partial charge on any atom is 0.300 e. The van der Waals surface area contributed by atoms with Gasteiger partial charge in [0.25, 0.3) is 5.97 Å². The Morgan fingerprint density at radius 2 is 1.78 bits per heavy atom. The van der Waals surface area contributed by atoms with Gasteiger partial charge in [0.15, 0.2) is 0 Å². The van der Waals surface area contributed by atoms with Crippen LogP contribution in [0.4, 0.5) is 11.4 Å². The number of carbonyl (C=O) groups is 1. The fourth-order valence-electron chi connectivity index (χ4n) is 1.64. The van der Waals surface area contributed by atoms with Crippen LogP contribution in [-0.4, -0.2) is 18.1 Å². The van der Waals surface area contributed by atoms with Gasteiger partial charge in [0, 0.05) is 29.7 Å². The molecule has 27 heavy (non-hydrogen) atoms. The highest BCUT2D eigenvalue weighted by molar-refractivity contribution is 8.00. The second-order valence-corrected chi connectivity index (χ2v) is 5.81. The minimum atomic E-state index is -0.833. The molecule has 0 bridgehead atoms. The molecule has 5 N–H and O–H groups in total. The molecular weight excluding hydrogens is 358 g/mol. The van der Waals surface area contributed by atoms with E-state index in [0.717, 1.165) is 29.7 Å². The van der Waals surface area contributed by atoms with E-state index in [-0.39, 0.29) is 0 Å². The van der Waals surface area contributed by atoms with Crippen LogP contribution in [0.1, 0.15) is 33.3 Å². The lowest BCUT2D eigenvalue weighted by atomic mass is 10.2. The third kappa shape index (κ3) is 16.8. The number of hydrogen-bond donors (Lipinski definition) is 4. The van der Waals surface area contributed by atoms with E-state index in [1.807, 2.05) is 52.1 Å². The quantitative estimate of drug-likeness (QED) is 0.309. The zero-order chi connectivity index (χ0) is 21.1. The molecule has 0 spiro atoms. The number of aliphatic carboxylic acids is 1. The third-order valence-corrected chi connectivity index (χ3v) is 3.28. The minimum absolute atomic E-state index is 0.783. The van der Waals surface area contributed by atoms with Crippen molar-refractivity contribution >= 4 is 29.3 Å². The molecule has 150 valence electrons. The molecule has 0 unspecified atom stereocenters. The average Bonchev–Trinajstić information content (AvgIpc) is 2.63. The fraction of sp³-hybridized carbons (Fsp3) is 0.286. The number of anilines is 2. The van der Waals surface area contributed by atoms with Gasteiger partial charge in [0.2, 0.25) is 0 Å². The summed E-state index contributed by atoms with van der Waals surface area (Å²) >= 11 is 1.56. The monoisotopic (exact) mass is 391 g/mol. The highest BCUT2D eigenvalue weighted by Gasteiger charge is 1.97. The van der Waals surface area contributed by atoms with E-state index in [0.29, 0.717) is 0 Å². The van der Waals surface area contributed by atoms with Gasteiger partial charge in [-0.15, -0.1) is 6.58 Å². The van der Waals surface area contributed by atoms with E-state index < -0.39 is 5.97 Å². The maximum atomic E-state index is 9.00. The van der Waals surface area contributed by atoms with Crippen LogP contribution in [0.15, 0.2) is 66.1 Å². The van der Waals surface area contributed by atoms with Gasteiger partial charge in [-0.3, -0.25) is 4.79 Å². The maximum absolute atomic E-state index is 9.00. The molecular formula is C21H33N3O2S. The highest BCUT2D eigenvalue weighted by Crippen LogP contribution is 2.23. The molecule has 0 aliphatic rings. The van der Waals surface area contributed by atoms with Gasteiger partial charge in [-0.25, -0.2) is 0 Å². The van der Waals surface area contributed by atoms with Crippen LogP contribution in [0.25, 0.3) is 0 Å². The first-order valence-electron chi connectivity index (χ1n) is 8.71. The predicted octanol–water partition coefficient (Wildman–Crippen LogP) is 5.42. The summed E-state index contributed by atoms with van der Waals surface area (Å²) in [4.78, 5) is 10.1. The van der Waals surface area contributed by atoms with Crippen LogP contribution in [0, 0.1) is 0 Å². The van der Waals surface area contributed by atoms with Gasteiger partial charge in [-0.05, 0) is 61.8 Å². The van der Waals surface area contributed by atoms with Crippen molar-refractivity contribution in [2.45, 2.75) is 39.1 Å². The number of nitrogens with one attached hydrogen (secondary N) is 2. The number of allylic oxidation sites excluding steroid dienone is 1. The molecule has 5 nitrogen and oxygen atoms in total. The third-order valence-electron chi connectivity index (χ3n) is 2.45. The van der Waals surface area contributed by atoms with Crippen LogP contribution >= 0.6 is 11.9 Å². The lowest BCUT2D eigenvalue weighted by molar-refractivity contribution is -0.134. The summed E-state index contributed by atoms with van der Waals surface area (Å²) in [7, 11) is 1.95. The average molecular weight is 392 g/mol. The summed E-state index contributed by atoms with van der Waals surface area (Å²) in [5, 5.41) is 10.6. The van der Waals surface area contributed by atoms with Crippen molar-refractivity contribution in [1.82, 2.24) is 5.32 Å². The van der Waals surface area contributed by atoms with Gasteiger partial charge in [-0.2, -0.15) is 0 Å². The molecule has 0 radical (unpaired) electrons. The second kappa shape index (κ2) is 18.4. The molecule has 2 rings (SSSR count). The largest absolute Gasteiger partial charge is 0.481 e. The van der Waals surface area contributed by atoms with Crippen molar-refractivity contribution in [3.8, 4) is 0 Å². The Labute approximate surface area is 168 Å². The van der Waals surface area contributed by atoms with E-state index >= 15 is 0 Å². The SMILES string of the molecule is C=CC.CC.CC(=O)O.CNCc1cccc(NSc2cccc(N)c2)c1. The Morgan fingerprint density at radius 3 is 2.30 bits per heavy atom. The normalized spacial score (nSPS) is 8.48. The predicted molar refractivity (Wildman–Crippen MR) is 120 cm³/mol. The molecule has 0 aliphatic heterocycles. The zero-order valence-electron chi connectivity index (χ0n) is 17.0. The Hall–Kier alpha value is -2.44. The number of rotatable bonds is 5. The van der Waals surface area contributed by atoms with Gasteiger partial charge < -0.3 is 20.9 Å². The fourth-order valence-corrected chi connectivity index (χ4v) is 2.35. The molecule has 0 aromatic heterocycles. The number of nitrogens with two attached hydrogens (primary N) is 1. The van der Waals surface area contributed by atoms with Crippen molar-refractivity contribution in [1.29, 1.82) is 0 Å². The van der Waals surface area contributed by atoms with E-state index in [9.17, 15) is 0 Å². The Balaban J connectivity index is 0. The number of carboxylic acids is 1. The van der Waals surface area contributed by atoms with Crippen LogP contribution in [0.2, 0.25) is 0 Å². The lowest BCUT2D eigenvalue weighted by Gasteiger charge is -2.08. The van der Waals surface area contributed by atoms with E-state index in [4.69, 9.17) is 15.6 Å². The summed E-state index contributed by atoms with van der Waals surface area (Å²) in [6.45, 7) is 11.2. The van der Waals surface area contributed by atoms with Crippen molar-refractivity contribution in [3.05, 3.63) is 66.7 Å². The second-order valence-electron chi connectivity index (χ2n) is 4.93. The summed E-state index contributed by atoms with van der Waals surface area (Å²) < 4.78 is 3.32. The molecule has 0 saturated heterocycles. The summed E-state index contributed by atoms with van der Waals surface area (Å²) in [5.41, 5.74) is 8.88. The van der Waals surface area contributed by atoms with E-state index in [2.05, 4.69) is 40.9 Å². The number of hydrogen-bond acceptors (Lipinski definition) is 5. The molecule has 0 atom stereocenters. The van der Waals surface area contributed by atoms with Gasteiger partial charge in [-0.1, -0.05) is 38.1 Å². The molecule has 0 saturated carbocycles. The molecule has 6 heteroatoms. The smallest absolute Gasteiger partial charge is 0.300 e. The number of nitrogen functional groups attached to an aromatic ring is 1. The summed E-state index contributed by atoms with van der Waals surface area (Å²) in [5.74, 6) is -0.833. The van der Waals surface area contributed by atoms with Gasteiger partial charge in [0.1, 0.15) is 0 Å². The first kappa shape index (κ1) is 26.8. The van der Waals surface area contributed by atoms with Gasteiger partial charge in [0.05, 0.1) is 0 Å². The van der Waals surface area contributed by atoms with Crippen molar-refractivity contribution in [2.24, 2.45) is 0 Å². The van der Waals surface area contributed by atoms with Crippen LogP contribution < -0.4 is 15.8 Å². The summed E-state index contributed by atoms with van der Waals surface area (Å²) in [6.07, 6.45) is 1.75. The Bertz CT molecular complexity index is 645. The topological polar surface area (TPSA) is 87.4 Å². The molecule has 0 heterocycles. The first-order chi connectivity index (χ1) is 12.9. The van der Waals surface area contributed by atoms with Crippen LogP contribution in [-0.2, 0) is 11.3 Å². The number of carboxylic acid groups (broad SMARTS) is 1. The van der Waals surface area contributed by atoms with E-state index in [1.54, 1.807) is 18.0 Å². The zero-order valence-corrected chi connectivity index (χ0v) is 17.8. The Kier molecular flexibility index (Phi) is 18.2. The molecule has 2 aromatic carbocycles. The van der Waals surface area contributed by atoms with Crippen molar-refractivity contribution in [3.63, 3.8) is 0 Å². The lowest BCUT2D eigenvalue weighted by Crippen LogP contribution is -2.04. The van der Waals surface area contributed by atoms with Crippen molar-refractivity contribution < 1.29 is 9.90 Å². The highest BCUT2D eigenvalue weighted by atomic mass is 32.2. The minimum Gasteiger partial charge on any atom is -0.481 e. The van der Waals surface area contributed by atoms with Crippen molar-refractivity contribution in [2.75, 3.05) is 17.5 Å². The van der Waals surface area contributed by atoms with E-state index in [1.165, 1.54) is 5.56 Å². The molecule has 2 aromatic rings. The van der Waals surface area contributed by atoms with Crippen LogP contribution in [0.3, 0.4) is 0 Å². The molecule has 0 fully saturated rings. The standard InChI is InChI=1S/C14H17N3S.C3H6.C2H4O2.C2H6/c1-16-10-11-4-2-6-13(8-11)17-18-14-7-3-5-12(15)9-14;1-3-2;1-2(3)4;1-2/h2-9,16-17H,10,15H2,1H3;3H,1H2,2H3;1H3,(H,3,4);1-2H3. The molecule has 0 amide bonds. The van der Waals surface area contributed by atoms with Crippen LogP contribution in [0.5, 0.6) is 0 Å². The Morgan fingerprint density at radius 1 is 1.22 bits per heavy atom. The number of benzene rings is 2. The van der Waals surface area contributed by atoms with Gasteiger partial charge >= 0.3 is 0 Å². The first-order valence-corrected chi connectivity index (χ1v) is 9.53.